The fraction of sp³-hybridized carbons (Fsp3) is 1.00. The molecule has 10 heavy (non-hydrogen) atoms. The second kappa shape index (κ2) is 11.8. The number of rotatable bonds is 3. The zero-order chi connectivity index (χ0) is 8.41. The fourth-order valence-corrected chi connectivity index (χ4v) is 0.331. The maximum atomic E-state index is 9.53. The normalized spacial score (nSPS) is 9.80. The Morgan fingerprint density at radius 3 is 1.70 bits per heavy atom. The molecule has 0 saturated heterocycles. The van der Waals surface area contributed by atoms with E-state index in [2.05, 4.69) is 18.4 Å². The SMILES string of the molecule is CCCC.CCO[P+](=O)O. The van der Waals surface area contributed by atoms with Gasteiger partial charge >= 0.3 is 8.25 Å². The summed E-state index contributed by atoms with van der Waals surface area (Å²) in [5, 5.41) is 0. The minimum atomic E-state index is -2.35. The highest BCUT2D eigenvalue weighted by atomic mass is 31.1. The van der Waals surface area contributed by atoms with Crippen LogP contribution in [-0.4, -0.2) is 11.5 Å². The first-order valence-corrected chi connectivity index (χ1v) is 4.61. The first-order chi connectivity index (χ1) is 4.68. The number of unbranched alkanes of at least 4 members (excludes halogenated alkanes) is 1. The number of hydrogen-bond acceptors (Lipinski definition) is 2. The summed E-state index contributed by atoms with van der Waals surface area (Å²) in [5.41, 5.74) is 0. The van der Waals surface area contributed by atoms with E-state index in [4.69, 9.17) is 4.89 Å². The van der Waals surface area contributed by atoms with E-state index in [9.17, 15) is 4.57 Å². The molecule has 0 bridgehead atoms. The van der Waals surface area contributed by atoms with Gasteiger partial charge in [-0.25, -0.2) is 0 Å². The Morgan fingerprint density at radius 2 is 1.70 bits per heavy atom. The van der Waals surface area contributed by atoms with E-state index in [1.54, 1.807) is 6.92 Å². The van der Waals surface area contributed by atoms with Gasteiger partial charge in [-0.1, -0.05) is 26.7 Å². The lowest BCUT2D eigenvalue weighted by molar-refractivity contribution is 0.297. The fourth-order valence-electron chi connectivity index (χ4n) is 0.110. The van der Waals surface area contributed by atoms with Gasteiger partial charge in [-0.3, -0.25) is 0 Å². The van der Waals surface area contributed by atoms with E-state index in [0.717, 1.165) is 0 Å². The van der Waals surface area contributed by atoms with Gasteiger partial charge in [-0.15, -0.1) is 9.42 Å². The molecule has 4 heteroatoms. The Balaban J connectivity index is 0. The van der Waals surface area contributed by atoms with Crippen LogP contribution in [0.3, 0.4) is 0 Å². The standard InChI is InChI=1S/C4H10.C2H5O3P/c1-3-4-2;1-2-5-6(3)4/h3-4H2,1-2H3;2H2,1H3/p+1. The van der Waals surface area contributed by atoms with E-state index in [1.807, 2.05) is 0 Å². The summed E-state index contributed by atoms with van der Waals surface area (Å²) in [4.78, 5) is 7.84. The predicted octanol–water partition coefficient (Wildman–Crippen LogP) is 2.48. The first-order valence-electron chi connectivity index (χ1n) is 3.48. The molecule has 0 rings (SSSR count). The van der Waals surface area contributed by atoms with Gasteiger partial charge in [-0.2, -0.15) is 0 Å². The minimum Gasteiger partial charge on any atom is -0.133 e. The van der Waals surface area contributed by atoms with Crippen molar-refractivity contribution in [2.45, 2.75) is 33.6 Å². The summed E-state index contributed by atoms with van der Waals surface area (Å²) in [5.74, 6) is 0. The highest BCUT2D eigenvalue weighted by Crippen LogP contribution is 2.12. The maximum Gasteiger partial charge on any atom is 0.694 e. The molecular weight excluding hydrogens is 151 g/mol. The van der Waals surface area contributed by atoms with Crippen molar-refractivity contribution in [2.75, 3.05) is 6.61 Å². The van der Waals surface area contributed by atoms with Crippen LogP contribution in [0.5, 0.6) is 0 Å². The van der Waals surface area contributed by atoms with Crippen LogP contribution in [0, 0.1) is 0 Å². The Labute approximate surface area is 63.4 Å². The van der Waals surface area contributed by atoms with Gasteiger partial charge in [-0.05, 0) is 6.92 Å². The molecule has 3 nitrogen and oxygen atoms in total. The molecule has 0 aromatic heterocycles. The van der Waals surface area contributed by atoms with Gasteiger partial charge < -0.3 is 0 Å². The number of hydrogen-bond donors (Lipinski definition) is 1. The van der Waals surface area contributed by atoms with E-state index in [1.165, 1.54) is 12.8 Å². The lowest BCUT2D eigenvalue weighted by atomic mass is 10.4. The van der Waals surface area contributed by atoms with Crippen LogP contribution >= 0.6 is 8.25 Å². The third-order valence-corrected chi connectivity index (χ3v) is 1.22. The van der Waals surface area contributed by atoms with Gasteiger partial charge in [0.2, 0.25) is 0 Å². The zero-order valence-electron chi connectivity index (χ0n) is 6.83. The summed E-state index contributed by atoms with van der Waals surface area (Å²) in [6.07, 6.45) is 2.64. The molecule has 0 aromatic carbocycles. The average Bonchev–Trinajstić information content (AvgIpc) is 1.89. The Hall–Kier alpha value is 0.0200. The predicted molar refractivity (Wildman–Crippen MR) is 42.0 cm³/mol. The van der Waals surface area contributed by atoms with Crippen LogP contribution < -0.4 is 0 Å². The van der Waals surface area contributed by atoms with Crippen LogP contribution in [0.4, 0.5) is 0 Å². The third-order valence-electron chi connectivity index (χ3n) is 0.740. The molecule has 0 amide bonds. The van der Waals surface area contributed by atoms with Gasteiger partial charge in [0, 0.05) is 4.57 Å². The van der Waals surface area contributed by atoms with Crippen molar-refractivity contribution in [3.05, 3.63) is 0 Å². The van der Waals surface area contributed by atoms with Crippen LogP contribution in [0.2, 0.25) is 0 Å². The molecular formula is C6H16O3P+. The monoisotopic (exact) mass is 167 g/mol. The van der Waals surface area contributed by atoms with Crippen molar-refractivity contribution in [3.63, 3.8) is 0 Å². The van der Waals surface area contributed by atoms with Gasteiger partial charge in [0.05, 0.1) is 0 Å². The topological polar surface area (TPSA) is 46.5 Å². The van der Waals surface area contributed by atoms with Gasteiger partial charge in [0.15, 0.2) is 0 Å². The average molecular weight is 167 g/mol. The smallest absolute Gasteiger partial charge is 0.133 e. The lowest BCUT2D eigenvalue weighted by Crippen LogP contribution is -1.72. The lowest BCUT2D eigenvalue weighted by Gasteiger charge is -1.68. The van der Waals surface area contributed by atoms with E-state index in [-0.39, 0.29) is 0 Å². The second-order valence-electron chi connectivity index (χ2n) is 1.66. The van der Waals surface area contributed by atoms with E-state index >= 15 is 0 Å². The van der Waals surface area contributed by atoms with Crippen LogP contribution in [-0.2, 0) is 9.09 Å². The van der Waals surface area contributed by atoms with Crippen molar-refractivity contribution in [3.8, 4) is 0 Å². The maximum absolute atomic E-state index is 9.53. The molecule has 0 saturated carbocycles. The Bertz CT molecular complexity index is 73.4. The first kappa shape index (κ1) is 12.7. The molecule has 62 valence electrons. The van der Waals surface area contributed by atoms with Crippen molar-refractivity contribution in [1.29, 1.82) is 0 Å². The summed E-state index contributed by atoms with van der Waals surface area (Å²) in [6, 6.07) is 0. The van der Waals surface area contributed by atoms with Crippen LogP contribution in [0.25, 0.3) is 0 Å². The highest BCUT2D eigenvalue weighted by Gasteiger charge is 2.06. The van der Waals surface area contributed by atoms with Crippen LogP contribution in [0.1, 0.15) is 33.6 Å². The largest absolute Gasteiger partial charge is 0.694 e. The molecule has 0 aromatic rings. The van der Waals surface area contributed by atoms with E-state index in [0.29, 0.717) is 6.61 Å². The van der Waals surface area contributed by atoms with E-state index < -0.39 is 8.25 Å². The van der Waals surface area contributed by atoms with Gasteiger partial charge in [0.25, 0.3) is 0 Å². The molecule has 0 fully saturated rings. The summed E-state index contributed by atoms with van der Waals surface area (Å²) < 4.78 is 13.6. The quantitative estimate of drug-likeness (QED) is 0.657. The van der Waals surface area contributed by atoms with Crippen molar-refractivity contribution in [1.82, 2.24) is 0 Å². The molecule has 0 aliphatic heterocycles. The zero-order valence-corrected chi connectivity index (χ0v) is 7.73. The summed E-state index contributed by atoms with van der Waals surface area (Å²) in [6.45, 7) is 6.31. The molecule has 1 unspecified atom stereocenters. The Kier molecular flexibility index (Phi) is 14.9. The highest BCUT2D eigenvalue weighted by molar-refractivity contribution is 7.32. The molecule has 0 heterocycles. The summed E-state index contributed by atoms with van der Waals surface area (Å²) in [7, 11) is -2.35. The van der Waals surface area contributed by atoms with Crippen molar-refractivity contribution < 1.29 is 14.0 Å². The molecule has 1 atom stereocenters. The van der Waals surface area contributed by atoms with Crippen molar-refractivity contribution in [2.24, 2.45) is 0 Å². The van der Waals surface area contributed by atoms with Crippen LogP contribution in [0.15, 0.2) is 0 Å². The van der Waals surface area contributed by atoms with Gasteiger partial charge in [0.1, 0.15) is 6.61 Å². The second-order valence-corrected chi connectivity index (χ2v) is 2.39. The molecule has 0 radical (unpaired) electrons. The Morgan fingerprint density at radius 1 is 1.30 bits per heavy atom. The summed E-state index contributed by atoms with van der Waals surface area (Å²) >= 11 is 0. The third kappa shape index (κ3) is 24.5. The van der Waals surface area contributed by atoms with Crippen molar-refractivity contribution >= 4 is 8.25 Å². The molecule has 1 N–H and O–H groups in total. The molecule has 0 spiro atoms. The molecule has 0 aliphatic rings. The minimum absolute atomic E-state index is 0.297. The molecule has 0 aliphatic carbocycles.